The van der Waals surface area contributed by atoms with Gasteiger partial charge in [0.25, 0.3) is 0 Å². The summed E-state index contributed by atoms with van der Waals surface area (Å²) in [6.45, 7) is 4.62. The Morgan fingerprint density at radius 2 is 1.23 bits per heavy atom. The molecule has 0 aliphatic carbocycles. The first-order valence-electron chi connectivity index (χ1n) is 14.7. The molecule has 0 radical (unpaired) electrons. The molecule has 1 aliphatic heterocycles. The second-order valence-electron chi connectivity index (χ2n) is 11.6. The SMILES string of the molecule is CC1(C)c2ccccc2N(c2ccccc2)c2cc(Oc3c4ccccc4c(-c4ccccc4)c4cnccc34)ccc21. The van der Waals surface area contributed by atoms with Crippen molar-refractivity contribution in [2.24, 2.45) is 0 Å². The third kappa shape index (κ3) is 4.00. The predicted octanol–water partition coefficient (Wildman–Crippen LogP) is 11.0. The molecule has 1 aliphatic rings. The molecular weight excluding hydrogens is 524 g/mol. The van der Waals surface area contributed by atoms with Gasteiger partial charge in [-0.1, -0.05) is 111 Å². The third-order valence-electron chi connectivity index (χ3n) is 8.77. The van der Waals surface area contributed by atoms with Gasteiger partial charge in [0.1, 0.15) is 11.5 Å². The number of aromatic nitrogens is 1. The van der Waals surface area contributed by atoms with Crippen LogP contribution >= 0.6 is 0 Å². The van der Waals surface area contributed by atoms with E-state index in [0.29, 0.717) is 0 Å². The van der Waals surface area contributed by atoms with E-state index >= 15 is 0 Å². The predicted molar refractivity (Wildman–Crippen MR) is 178 cm³/mol. The molecule has 0 amide bonds. The van der Waals surface area contributed by atoms with Crippen molar-refractivity contribution in [3.8, 4) is 22.6 Å². The van der Waals surface area contributed by atoms with Crippen LogP contribution in [0, 0.1) is 0 Å². The monoisotopic (exact) mass is 554 g/mol. The Balaban J connectivity index is 1.34. The van der Waals surface area contributed by atoms with Gasteiger partial charge in [-0.05, 0) is 58.0 Å². The Morgan fingerprint density at radius 3 is 2.05 bits per heavy atom. The summed E-state index contributed by atoms with van der Waals surface area (Å²) < 4.78 is 6.95. The highest BCUT2D eigenvalue weighted by atomic mass is 16.5. The standard InChI is InChI=1S/C40H30N2O/c1-40(2)34-19-11-12-20-36(34)42(28-15-7-4-8-16-28)37-25-29(21-22-35(37)40)43-39-31-18-10-9-17-30(31)38(27-13-5-3-6-14-27)33-26-41-24-23-32(33)39/h3-26H,1-2H3. The fraction of sp³-hybridized carbons (Fsp3) is 0.0750. The molecular formula is C40H30N2O. The fourth-order valence-corrected chi connectivity index (χ4v) is 6.74. The maximum absolute atomic E-state index is 6.95. The molecule has 1 aromatic heterocycles. The number of para-hydroxylation sites is 2. The smallest absolute Gasteiger partial charge is 0.143 e. The number of fused-ring (bicyclic) bond motifs is 4. The quantitative estimate of drug-likeness (QED) is 0.202. The highest BCUT2D eigenvalue weighted by Crippen LogP contribution is 2.53. The van der Waals surface area contributed by atoms with E-state index < -0.39 is 0 Å². The van der Waals surface area contributed by atoms with Crippen molar-refractivity contribution in [3.63, 3.8) is 0 Å². The van der Waals surface area contributed by atoms with Crippen LogP contribution in [0.2, 0.25) is 0 Å². The minimum atomic E-state index is -0.169. The molecule has 8 rings (SSSR count). The van der Waals surface area contributed by atoms with Crippen molar-refractivity contribution in [3.05, 3.63) is 157 Å². The summed E-state index contributed by atoms with van der Waals surface area (Å²) in [6, 6.07) is 47.0. The van der Waals surface area contributed by atoms with Crippen molar-refractivity contribution in [2.75, 3.05) is 4.90 Å². The van der Waals surface area contributed by atoms with E-state index in [2.05, 4.69) is 157 Å². The van der Waals surface area contributed by atoms with Crippen LogP contribution in [-0.4, -0.2) is 4.98 Å². The summed E-state index contributed by atoms with van der Waals surface area (Å²) in [5.74, 6) is 1.64. The number of rotatable bonds is 4. The van der Waals surface area contributed by atoms with E-state index in [4.69, 9.17) is 4.74 Å². The molecule has 43 heavy (non-hydrogen) atoms. The second-order valence-corrected chi connectivity index (χ2v) is 11.6. The molecule has 0 atom stereocenters. The molecule has 0 saturated carbocycles. The fourth-order valence-electron chi connectivity index (χ4n) is 6.74. The van der Waals surface area contributed by atoms with Crippen LogP contribution in [-0.2, 0) is 5.41 Å². The first kappa shape index (κ1) is 25.3. The first-order valence-corrected chi connectivity index (χ1v) is 14.7. The minimum absolute atomic E-state index is 0.169. The van der Waals surface area contributed by atoms with Gasteiger partial charge in [-0.15, -0.1) is 0 Å². The van der Waals surface area contributed by atoms with Crippen molar-refractivity contribution >= 4 is 38.6 Å². The van der Waals surface area contributed by atoms with Crippen molar-refractivity contribution in [1.29, 1.82) is 0 Å². The average molecular weight is 555 g/mol. The molecule has 3 heteroatoms. The molecule has 2 heterocycles. The van der Waals surface area contributed by atoms with Crippen molar-refractivity contribution in [2.45, 2.75) is 19.3 Å². The number of benzene rings is 6. The van der Waals surface area contributed by atoms with Crippen LogP contribution in [0.15, 0.2) is 146 Å². The van der Waals surface area contributed by atoms with Gasteiger partial charge in [-0.3, -0.25) is 4.98 Å². The Kier molecular flexibility index (Phi) is 5.80. The van der Waals surface area contributed by atoms with Gasteiger partial charge in [-0.25, -0.2) is 0 Å². The zero-order valence-corrected chi connectivity index (χ0v) is 24.2. The molecule has 0 saturated heterocycles. The largest absolute Gasteiger partial charge is 0.456 e. The lowest BCUT2D eigenvalue weighted by Crippen LogP contribution is -2.30. The average Bonchev–Trinajstić information content (AvgIpc) is 3.06. The zero-order chi connectivity index (χ0) is 29.0. The second kappa shape index (κ2) is 9.85. The lowest BCUT2D eigenvalue weighted by Gasteiger charge is -2.42. The van der Waals surface area contributed by atoms with Crippen LogP contribution in [0.25, 0.3) is 32.7 Å². The zero-order valence-electron chi connectivity index (χ0n) is 24.2. The number of nitrogens with zero attached hydrogens (tertiary/aromatic N) is 2. The van der Waals surface area contributed by atoms with Crippen molar-refractivity contribution in [1.82, 2.24) is 4.98 Å². The number of hydrogen-bond donors (Lipinski definition) is 0. The lowest BCUT2D eigenvalue weighted by molar-refractivity contribution is 0.492. The van der Waals surface area contributed by atoms with Gasteiger partial charge in [0.05, 0.1) is 11.4 Å². The van der Waals surface area contributed by atoms with Crippen LogP contribution in [0.3, 0.4) is 0 Å². The molecule has 0 N–H and O–H groups in total. The van der Waals surface area contributed by atoms with Crippen LogP contribution < -0.4 is 9.64 Å². The maximum atomic E-state index is 6.95. The van der Waals surface area contributed by atoms with E-state index in [1.807, 2.05) is 12.4 Å². The topological polar surface area (TPSA) is 25.4 Å². The van der Waals surface area contributed by atoms with E-state index in [9.17, 15) is 0 Å². The molecule has 0 unspecified atom stereocenters. The van der Waals surface area contributed by atoms with Gasteiger partial charge >= 0.3 is 0 Å². The molecule has 0 bridgehead atoms. The summed E-state index contributed by atoms with van der Waals surface area (Å²) in [6.07, 6.45) is 3.81. The lowest BCUT2D eigenvalue weighted by atomic mass is 9.73. The molecule has 0 spiro atoms. The Labute approximate surface area is 251 Å². The third-order valence-corrected chi connectivity index (χ3v) is 8.77. The van der Waals surface area contributed by atoms with Gasteiger partial charge in [0.2, 0.25) is 0 Å². The van der Waals surface area contributed by atoms with Crippen LogP contribution in [0.1, 0.15) is 25.0 Å². The van der Waals surface area contributed by atoms with E-state index in [1.165, 1.54) is 22.4 Å². The van der Waals surface area contributed by atoms with Crippen molar-refractivity contribution < 1.29 is 4.74 Å². The number of pyridine rings is 1. The summed E-state index contributed by atoms with van der Waals surface area (Å²) in [5, 5.41) is 4.32. The minimum Gasteiger partial charge on any atom is -0.456 e. The van der Waals surface area contributed by atoms with Gasteiger partial charge in [0, 0.05) is 45.7 Å². The molecule has 6 aromatic carbocycles. The van der Waals surface area contributed by atoms with E-state index in [-0.39, 0.29) is 5.41 Å². The maximum Gasteiger partial charge on any atom is 0.143 e. The summed E-state index contributed by atoms with van der Waals surface area (Å²) in [5.41, 5.74) is 8.18. The molecule has 3 nitrogen and oxygen atoms in total. The van der Waals surface area contributed by atoms with E-state index in [1.54, 1.807) is 0 Å². The molecule has 7 aromatic rings. The van der Waals surface area contributed by atoms with Gasteiger partial charge < -0.3 is 9.64 Å². The normalized spacial score (nSPS) is 13.5. The molecule has 206 valence electrons. The number of anilines is 3. The van der Waals surface area contributed by atoms with E-state index in [0.717, 1.165) is 50.0 Å². The first-order chi connectivity index (χ1) is 21.1. The summed E-state index contributed by atoms with van der Waals surface area (Å²) in [4.78, 5) is 6.89. The summed E-state index contributed by atoms with van der Waals surface area (Å²) >= 11 is 0. The molecule has 0 fully saturated rings. The van der Waals surface area contributed by atoms with Crippen LogP contribution in [0.5, 0.6) is 11.5 Å². The van der Waals surface area contributed by atoms with Gasteiger partial charge in [-0.2, -0.15) is 0 Å². The number of hydrogen-bond acceptors (Lipinski definition) is 3. The van der Waals surface area contributed by atoms with Gasteiger partial charge in [0.15, 0.2) is 0 Å². The number of ether oxygens (including phenoxy) is 1. The van der Waals surface area contributed by atoms with Crippen LogP contribution in [0.4, 0.5) is 17.1 Å². The Hall–Kier alpha value is -5.41. The highest BCUT2D eigenvalue weighted by Gasteiger charge is 2.37. The Bertz CT molecular complexity index is 2080. The highest BCUT2D eigenvalue weighted by molar-refractivity contribution is 6.16. The Morgan fingerprint density at radius 1 is 0.581 bits per heavy atom. The summed E-state index contributed by atoms with van der Waals surface area (Å²) in [7, 11) is 0.